The van der Waals surface area contributed by atoms with Crippen LogP contribution in [0.1, 0.15) is 68.6 Å². The highest BCUT2D eigenvalue weighted by atomic mass is 16.6. The van der Waals surface area contributed by atoms with Crippen molar-refractivity contribution in [2.24, 2.45) is 10.8 Å². The van der Waals surface area contributed by atoms with Crippen molar-refractivity contribution in [3.63, 3.8) is 0 Å². The van der Waals surface area contributed by atoms with Crippen molar-refractivity contribution in [2.45, 2.75) is 47.1 Å². The van der Waals surface area contributed by atoms with Gasteiger partial charge in [0.25, 0.3) is 0 Å². The fraction of sp³-hybridized carbons (Fsp3) is 0.300. The van der Waals surface area contributed by atoms with E-state index in [4.69, 9.17) is 24.7 Å². The molecule has 0 atom stereocenters. The molecule has 0 amide bonds. The highest BCUT2D eigenvalue weighted by molar-refractivity contribution is 5.98. The maximum atomic E-state index is 13.1. The lowest BCUT2D eigenvalue weighted by atomic mass is 9.77. The fourth-order valence-corrected chi connectivity index (χ4v) is 4.35. The number of benzene rings is 3. The van der Waals surface area contributed by atoms with Crippen LogP contribution >= 0.6 is 0 Å². The Morgan fingerprint density at radius 2 is 1.21 bits per heavy atom. The van der Waals surface area contributed by atoms with E-state index in [1.54, 1.807) is 96.1 Å². The lowest BCUT2D eigenvalue weighted by Crippen LogP contribution is -2.33. The zero-order valence-electron chi connectivity index (χ0n) is 22.1. The van der Waals surface area contributed by atoms with Gasteiger partial charge in [-0.25, -0.2) is 4.79 Å². The molecule has 0 radical (unpaired) electrons. The fourth-order valence-electron chi connectivity index (χ4n) is 4.35. The molecular weight excluding hydrogens is 486 g/mol. The van der Waals surface area contributed by atoms with Crippen molar-refractivity contribution in [2.75, 3.05) is 5.73 Å². The lowest BCUT2D eigenvalue weighted by molar-refractivity contribution is -0.143. The van der Waals surface area contributed by atoms with Gasteiger partial charge in [-0.15, -0.1) is 0 Å². The summed E-state index contributed by atoms with van der Waals surface area (Å²) in [5.41, 5.74) is 5.68. The van der Waals surface area contributed by atoms with Crippen molar-refractivity contribution in [1.29, 1.82) is 0 Å². The van der Waals surface area contributed by atoms with E-state index in [1.807, 2.05) is 0 Å². The normalized spacial score (nSPS) is 15.1. The summed E-state index contributed by atoms with van der Waals surface area (Å²) >= 11 is 0. The Balaban J connectivity index is 1.67. The van der Waals surface area contributed by atoms with Crippen LogP contribution in [0.2, 0.25) is 0 Å². The van der Waals surface area contributed by atoms with Crippen LogP contribution in [0.4, 0.5) is 5.69 Å². The second-order valence-corrected chi connectivity index (χ2v) is 11.6. The van der Waals surface area contributed by atoms with Gasteiger partial charge in [0.1, 0.15) is 23.0 Å². The van der Waals surface area contributed by atoms with Gasteiger partial charge in [0.05, 0.1) is 16.4 Å². The summed E-state index contributed by atoms with van der Waals surface area (Å²) in [6.07, 6.45) is 0. The highest BCUT2D eigenvalue weighted by Gasteiger charge is 2.53. The first kappa shape index (κ1) is 25.3. The van der Waals surface area contributed by atoms with Crippen LogP contribution in [0.5, 0.6) is 23.0 Å². The summed E-state index contributed by atoms with van der Waals surface area (Å²) in [6.45, 7) is 10.6. The molecule has 2 heterocycles. The van der Waals surface area contributed by atoms with Gasteiger partial charge in [0, 0.05) is 34.5 Å². The molecule has 0 fully saturated rings. The molecule has 0 aromatic heterocycles. The van der Waals surface area contributed by atoms with E-state index in [2.05, 4.69) is 0 Å². The SMILES string of the molecule is CC(C)(C)C(=O)Oc1ccc2c(c1)Oc1cc(OC(=O)C(C)(C)C)ccc1C21OC(=O)c2cc(N)ccc21. The summed E-state index contributed by atoms with van der Waals surface area (Å²) < 4.78 is 23.6. The Morgan fingerprint density at radius 1 is 0.737 bits per heavy atom. The minimum absolute atomic E-state index is 0.277. The van der Waals surface area contributed by atoms with Gasteiger partial charge in [0.2, 0.25) is 0 Å². The molecule has 2 aliphatic heterocycles. The van der Waals surface area contributed by atoms with Gasteiger partial charge < -0.3 is 24.7 Å². The molecule has 0 unspecified atom stereocenters. The smallest absolute Gasteiger partial charge is 0.340 e. The van der Waals surface area contributed by atoms with Gasteiger partial charge in [-0.2, -0.15) is 0 Å². The maximum Gasteiger partial charge on any atom is 0.340 e. The Morgan fingerprint density at radius 3 is 1.68 bits per heavy atom. The Kier molecular flexibility index (Phi) is 5.56. The van der Waals surface area contributed by atoms with Crippen LogP contribution in [0.3, 0.4) is 0 Å². The van der Waals surface area contributed by atoms with Crippen molar-refractivity contribution in [1.82, 2.24) is 0 Å². The molecule has 0 aliphatic carbocycles. The van der Waals surface area contributed by atoms with E-state index in [0.29, 0.717) is 39.4 Å². The predicted octanol–water partition coefficient (Wildman–Crippen LogP) is 5.74. The molecule has 2 aliphatic rings. The van der Waals surface area contributed by atoms with E-state index < -0.39 is 34.3 Å². The molecule has 0 saturated carbocycles. The molecule has 3 aromatic carbocycles. The number of anilines is 1. The molecule has 0 bridgehead atoms. The first-order chi connectivity index (χ1) is 17.7. The molecule has 196 valence electrons. The van der Waals surface area contributed by atoms with Gasteiger partial charge in [0.15, 0.2) is 5.60 Å². The van der Waals surface area contributed by atoms with Crippen molar-refractivity contribution < 1.29 is 33.3 Å². The van der Waals surface area contributed by atoms with Crippen LogP contribution in [-0.4, -0.2) is 17.9 Å². The Bertz CT molecular complexity index is 1430. The number of hydrogen-bond acceptors (Lipinski definition) is 8. The maximum absolute atomic E-state index is 13.1. The zero-order chi connectivity index (χ0) is 27.6. The molecule has 5 rings (SSSR count). The Hall–Kier alpha value is -4.33. The van der Waals surface area contributed by atoms with Crippen molar-refractivity contribution >= 4 is 23.6 Å². The van der Waals surface area contributed by atoms with E-state index in [9.17, 15) is 14.4 Å². The summed E-state index contributed by atoms with van der Waals surface area (Å²) in [4.78, 5) is 38.1. The molecule has 2 N–H and O–H groups in total. The predicted molar refractivity (Wildman–Crippen MR) is 139 cm³/mol. The number of ether oxygens (including phenoxy) is 4. The third-order valence-electron chi connectivity index (χ3n) is 6.42. The van der Waals surface area contributed by atoms with Crippen LogP contribution in [0.15, 0.2) is 54.6 Å². The Labute approximate surface area is 220 Å². The van der Waals surface area contributed by atoms with Crippen LogP contribution < -0.4 is 19.9 Å². The monoisotopic (exact) mass is 515 g/mol. The standard InChI is InChI=1S/C30H29NO7/c1-28(2,3)26(33)35-17-8-11-21-23(14-17)37-24-15-18(36-27(34)29(4,5)6)9-12-22(24)30(21)20-10-7-16(31)13-19(20)25(32)38-30/h7-15H,31H2,1-6H3. The zero-order valence-corrected chi connectivity index (χ0v) is 22.1. The third-order valence-corrected chi connectivity index (χ3v) is 6.42. The van der Waals surface area contributed by atoms with Gasteiger partial charge in [-0.3, -0.25) is 9.59 Å². The number of esters is 3. The average molecular weight is 516 g/mol. The summed E-state index contributed by atoms with van der Waals surface area (Å²) in [5, 5.41) is 0. The van der Waals surface area contributed by atoms with Crippen LogP contribution in [0, 0.1) is 10.8 Å². The van der Waals surface area contributed by atoms with Crippen LogP contribution in [0.25, 0.3) is 0 Å². The molecule has 0 saturated heterocycles. The largest absolute Gasteiger partial charge is 0.456 e. The minimum Gasteiger partial charge on any atom is -0.456 e. The topological polar surface area (TPSA) is 114 Å². The number of hydrogen-bond donors (Lipinski definition) is 1. The number of rotatable bonds is 2. The highest BCUT2D eigenvalue weighted by Crippen LogP contribution is 2.57. The quantitative estimate of drug-likeness (QED) is 0.261. The lowest BCUT2D eigenvalue weighted by Gasteiger charge is -2.36. The average Bonchev–Trinajstić information content (AvgIpc) is 3.09. The number of carbonyl (C=O) groups is 3. The van der Waals surface area contributed by atoms with Crippen molar-refractivity contribution in [3.8, 4) is 23.0 Å². The van der Waals surface area contributed by atoms with E-state index in [0.717, 1.165) is 0 Å². The van der Waals surface area contributed by atoms with Gasteiger partial charge >= 0.3 is 17.9 Å². The van der Waals surface area contributed by atoms with Crippen LogP contribution in [-0.2, 0) is 19.9 Å². The number of nitrogen functional groups attached to an aromatic ring is 1. The molecule has 8 heteroatoms. The summed E-state index contributed by atoms with van der Waals surface area (Å²) in [6, 6.07) is 14.9. The molecule has 8 nitrogen and oxygen atoms in total. The third kappa shape index (κ3) is 4.06. The number of nitrogens with two attached hydrogens (primary N) is 1. The second-order valence-electron chi connectivity index (χ2n) is 11.6. The molecule has 1 spiro atoms. The first-order valence-electron chi connectivity index (χ1n) is 12.2. The van der Waals surface area contributed by atoms with E-state index >= 15 is 0 Å². The van der Waals surface area contributed by atoms with Crippen molar-refractivity contribution in [3.05, 3.63) is 76.9 Å². The number of carbonyl (C=O) groups excluding carboxylic acids is 3. The van der Waals surface area contributed by atoms with E-state index in [-0.39, 0.29) is 11.5 Å². The minimum atomic E-state index is -1.35. The second kappa shape index (κ2) is 8.34. The first-order valence-corrected chi connectivity index (χ1v) is 12.2. The molecule has 3 aromatic rings. The number of fused-ring (bicyclic) bond motifs is 6. The molecular formula is C30H29NO7. The summed E-state index contributed by atoms with van der Waals surface area (Å²) in [7, 11) is 0. The van der Waals surface area contributed by atoms with Gasteiger partial charge in [-0.05, 0) is 77.9 Å². The van der Waals surface area contributed by atoms with Gasteiger partial charge in [-0.1, -0.05) is 6.07 Å². The summed E-state index contributed by atoms with van der Waals surface area (Å²) in [5.74, 6) is -0.140. The van der Waals surface area contributed by atoms with E-state index in [1.165, 1.54) is 0 Å². The molecule has 38 heavy (non-hydrogen) atoms.